The standard InChI is InChI=1S/C6H7BrO5/c7-1-2(8)5-3(9)4(10)6(11)12-5/h2,4-5,8,10H,1H2. The normalized spacial score (nSPS) is 31.9. The molecule has 12 heavy (non-hydrogen) atoms. The van der Waals surface area contributed by atoms with Crippen LogP contribution >= 0.6 is 15.9 Å². The zero-order chi connectivity index (χ0) is 9.30. The molecule has 1 fully saturated rings. The molecule has 0 radical (unpaired) electrons. The number of carbonyl (C=O) groups is 2. The van der Waals surface area contributed by atoms with Crippen molar-refractivity contribution in [2.75, 3.05) is 5.33 Å². The first-order valence-corrected chi connectivity index (χ1v) is 4.36. The number of hydrogen-bond donors (Lipinski definition) is 2. The van der Waals surface area contributed by atoms with E-state index in [1.807, 2.05) is 0 Å². The fraction of sp³-hybridized carbons (Fsp3) is 0.667. The molecule has 0 saturated carbocycles. The van der Waals surface area contributed by atoms with Crippen molar-refractivity contribution < 1.29 is 24.5 Å². The molecule has 3 atom stereocenters. The minimum atomic E-state index is -1.73. The third-order valence-electron chi connectivity index (χ3n) is 1.52. The summed E-state index contributed by atoms with van der Waals surface area (Å²) in [5.41, 5.74) is 0. The molecule has 0 aromatic heterocycles. The summed E-state index contributed by atoms with van der Waals surface area (Å²) in [5, 5.41) is 18.1. The van der Waals surface area contributed by atoms with Crippen molar-refractivity contribution in [3.8, 4) is 0 Å². The van der Waals surface area contributed by atoms with Gasteiger partial charge >= 0.3 is 5.97 Å². The number of halogens is 1. The van der Waals surface area contributed by atoms with Crippen LogP contribution in [-0.2, 0) is 14.3 Å². The number of carbonyl (C=O) groups excluding carboxylic acids is 2. The van der Waals surface area contributed by atoms with Crippen LogP contribution in [0.2, 0.25) is 0 Å². The van der Waals surface area contributed by atoms with E-state index >= 15 is 0 Å². The molecule has 0 aromatic carbocycles. The smallest absolute Gasteiger partial charge is 0.343 e. The van der Waals surface area contributed by atoms with Crippen molar-refractivity contribution >= 4 is 27.7 Å². The van der Waals surface area contributed by atoms with Crippen molar-refractivity contribution in [2.24, 2.45) is 0 Å². The van der Waals surface area contributed by atoms with E-state index in [0.717, 1.165) is 0 Å². The molecule has 1 saturated heterocycles. The zero-order valence-electron chi connectivity index (χ0n) is 5.94. The topological polar surface area (TPSA) is 83.8 Å². The highest BCUT2D eigenvalue weighted by Gasteiger charge is 2.45. The number of Topliss-reactive ketones (excluding diaryl/α,β-unsaturated/α-hetero) is 1. The van der Waals surface area contributed by atoms with Gasteiger partial charge in [-0.25, -0.2) is 4.79 Å². The summed E-state index contributed by atoms with van der Waals surface area (Å²) in [4.78, 5) is 21.5. The van der Waals surface area contributed by atoms with Crippen molar-refractivity contribution in [3.63, 3.8) is 0 Å². The predicted octanol–water partition coefficient (Wildman–Crippen LogP) is -1.40. The number of hydrogen-bond acceptors (Lipinski definition) is 5. The molecule has 1 heterocycles. The number of aliphatic hydroxyl groups excluding tert-OH is 2. The van der Waals surface area contributed by atoms with Gasteiger partial charge in [0.05, 0.1) is 0 Å². The average molecular weight is 239 g/mol. The number of ketones is 1. The Balaban J connectivity index is 2.71. The van der Waals surface area contributed by atoms with Gasteiger partial charge in [0.1, 0.15) is 6.10 Å². The lowest BCUT2D eigenvalue weighted by molar-refractivity contribution is -0.150. The minimum absolute atomic E-state index is 0.114. The Labute approximate surface area is 76.5 Å². The van der Waals surface area contributed by atoms with E-state index in [4.69, 9.17) is 10.2 Å². The summed E-state index contributed by atoms with van der Waals surface area (Å²) in [5.74, 6) is -1.78. The highest BCUT2D eigenvalue weighted by molar-refractivity contribution is 9.09. The van der Waals surface area contributed by atoms with Crippen LogP contribution in [0.5, 0.6) is 0 Å². The fourth-order valence-corrected chi connectivity index (χ4v) is 1.21. The maximum Gasteiger partial charge on any atom is 0.343 e. The van der Waals surface area contributed by atoms with Gasteiger partial charge in [0.25, 0.3) is 0 Å². The molecular weight excluding hydrogens is 232 g/mol. The second kappa shape index (κ2) is 3.51. The number of esters is 1. The summed E-state index contributed by atoms with van der Waals surface area (Å²) in [7, 11) is 0. The van der Waals surface area contributed by atoms with Crippen LogP contribution in [0, 0.1) is 0 Å². The number of ether oxygens (including phenoxy) is 1. The Hall–Kier alpha value is -0.460. The van der Waals surface area contributed by atoms with Crippen LogP contribution in [0.15, 0.2) is 0 Å². The van der Waals surface area contributed by atoms with E-state index in [0.29, 0.717) is 0 Å². The Kier molecular flexibility index (Phi) is 2.81. The Morgan fingerprint density at radius 3 is 2.50 bits per heavy atom. The molecule has 1 aliphatic rings. The van der Waals surface area contributed by atoms with E-state index in [9.17, 15) is 9.59 Å². The molecule has 0 aliphatic carbocycles. The van der Waals surface area contributed by atoms with Gasteiger partial charge in [-0.1, -0.05) is 15.9 Å². The maximum atomic E-state index is 10.9. The van der Waals surface area contributed by atoms with Gasteiger partial charge in [0, 0.05) is 5.33 Å². The average Bonchev–Trinajstić information content (AvgIpc) is 2.32. The van der Waals surface area contributed by atoms with Crippen LogP contribution < -0.4 is 0 Å². The summed E-state index contributed by atoms with van der Waals surface area (Å²) in [6, 6.07) is 0. The predicted molar refractivity (Wildman–Crippen MR) is 40.7 cm³/mol. The summed E-state index contributed by atoms with van der Waals surface area (Å²) in [6.45, 7) is 0. The molecule has 0 amide bonds. The van der Waals surface area contributed by atoms with E-state index in [1.54, 1.807) is 0 Å². The van der Waals surface area contributed by atoms with Crippen LogP contribution in [0.1, 0.15) is 0 Å². The van der Waals surface area contributed by atoms with E-state index < -0.39 is 30.1 Å². The van der Waals surface area contributed by atoms with E-state index in [-0.39, 0.29) is 5.33 Å². The first-order chi connectivity index (χ1) is 5.57. The van der Waals surface area contributed by atoms with Gasteiger partial charge in [-0.05, 0) is 0 Å². The van der Waals surface area contributed by atoms with Crippen LogP contribution in [0.3, 0.4) is 0 Å². The number of cyclic esters (lactones) is 1. The van der Waals surface area contributed by atoms with Crippen molar-refractivity contribution in [1.82, 2.24) is 0 Å². The van der Waals surface area contributed by atoms with Crippen molar-refractivity contribution in [1.29, 1.82) is 0 Å². The van der Waals surface area contributed by atoms with E-state index in [2.05, 4.69) is 20.7 Å². The molecular formula is C6H7BrO5. The molecule has 0 aromatic rings. The number of aliphatic hydroxyl groups is 2. The monoisotopic (exact) mass is 238 g/mol. The van der Waals surface area contributed by atoms with E-state index in [1.165, 1.54) is 0 Å². The summed E-state index contributed by atoms with van der Waals surface area (Å²) < 4.78 is 4.42. The zero-order valence-corrected chi connectivity index (χ0v) is 7.52. The Bertz CT molecular complexity index is 216. The molecule has 68 valence electrons. The molecule has 5 nitrogen and oxygen atoms in total. The number of rotatable bonds is 2. The first kappa shape index (κ1) is 9.63. The Morgan fingerprint density at radius 1 is 1.58 bits per heavy atom. The quantitative estimate of drug-likeness (QED) is 0.351. The van der Waals surface area contributed by atoms with Crippen molar-refractivity contribution in [2.45, 2.75) is 18.3 Å². The first-order valence-electron chi connectivity index (χ1n) is 3.24. The lowest BCUT2D eigenvalue weighted by atomic mass is 10.1. The van der Waals surface area contributed by atoms with Gasteiger partial charge in [-0.15, -0.1) is 0 Å². The maximum absolute atomic E-state index is 10.9. The third-order valence-corrected chi connectivity index (χ3v) is 2.19. The highest BCUT2D eigenvalue weighted by atomic mass is 79.9. The Morgan fingerprint density at radius 2 is 2.17 bits per heavy atom. The lowest BCUT2D eigenvalue weighted by Crippen LogP contribution is -2.35. The molecule has 1 aliphatic heterocycles. The molecule has 6 heteroatoms. The van der Waals surface area contributed by atoms with Crippen LogP contribution in [0.4, 0.5) is 0 Å². The van der Waals surface area contributed by atoms with Gasteiger partial charge in [-0.2, -0.15) is 0 Å². The SMILES string of the molecule is O=C1OC(C(O)CBr)C(=O)C1O. The number of alkyl halides is 1. The van der Waals surface area contributed by atoms with Gasteiger partial charge < -0.3 is 14.9 Å². The second-order valence-electron chi connectivity index (χ2n) is 2.38. The van der Waals surface area contributed by atoms with Gasteiger partial charge in [0.2, 0.25) is 11.9 Å². The molecule has 0 spiro atoms. The largest absolute Gasteiger partial charge is 0.449 e. The summed E-state index contributed by atoms with van der Waals surface area (Å²) >= 11 is 2.92. The van der Waals surface area contributed by atoms with Crippen LogP contribution in [0.25, 0.3) is 0 Å². The van der Waals surface area contributed by atoms with Gasteiger partial charge in [0.15, 0.2) is 6.10 Å². The van der Waals surface area contributed by atoms with Gasteiger partial charge in [-0.3, -0.25) is 4.79 Å². The van der Waals surface area contributed by atoms with Crippen molar-refractivity contribution in [3.05, 3.63) is 0 Å². The minimum Gasteiger partial charge on any atom is -0.449 e. The third kappa shape index (κ3) is 1.50. The van der Waals surface area contributed by atoms with Crippen LogP contribution in [-0.4, -0.2) is 45.6 Å². The molecule has 0 bridgehead atoms. The molecule has 3 unspecified atom stereocenters. The summed E-state index contributed by atoms with van der Waals surface area (Å²) in [6.07, 6.45) is -4.06. The fourth-order valence-electron chi connectivity index (χ4n) is 0.868. The second-order valence-corrected chi connectivity index (χ2v) is 3.03. The molecule has 1 rings (SSSR count). The lowest BCUT2D eigenvalue weighted by Gasteiger charge is -2.11. The highest BCUT2D eigenvalue weighted by Crippen LogP contribution is 2.15. The molecule has 2 N–H and O–H groups in total.